The number of nitrogens with zero attached hydrogens (tertiary/aromatic N) is 1. The summed E-state index contributed by atoms with van der Waals surface area (Å²) >= 11 is 13.3. The van der Waals surface area contributed by atoms with Gasteiger partial charge in [-0.2, -0.15) is 0 Å². The molecule has 0 saturated carbocycles. The third kappa shape index (κ3) is 4.49. The standard InChI is InChI=1S/C19H14Cl2N2O2S/c1-2-9-25-16-6-4-3-5-12(16)10-17-18(24)23-19(26-17)22-15-8-7-13(20)11-14(15)21/h2-8,10-11H,1,9H2,(H,22,23,24). The summed E-state index contributed by atoms with van der Waals surface area (Å²) in [6.45, 7) is 4.03. The predicted octanol–water partition coefficient (Wildman–Crippen LogP) is 5.45. The Labute approximate surface area is 165 Å². The molecule has 1 heterocycles. The van der Waals surface area contributed by atoms with Gasteiger partial charge in [-0.05, 0) is 42.1 Å². The zero-order chi connectivity index (χ0) is 18.5. The first-order chi connectivity index (χ1) is 12.6. The van der Waals surface area contributed by atoms with Crippen LogP contribution in [0.25, 0.3) is 6.08 Å². The van der Waals surface area contributed by atoms with E-state index < -0.39 is 0 Å². The summed E-state index contributed by atoms with van der Waals surface area (Å²) in [6, 6.07) is 12.5. The third-order valence-electron chi connectivity index (χ3n) is 3.34. The van der Waals surface area contributed by atoms with E-state index in [0.717, 1.165) is 5.56 Å². The number of nitrogens with one attached hydrogen (secondary N) is 1. The Kier molecular flexibility index (Phi) is 6.04. The van der Waals surface area contributed by atoms with E-state index in [2.05, 4.69) is 16.9 Å². The fraction of sp³-hybridized carbons (Fsp3) is 0.0526. The topological polar surface area (TPSA) is 50.7 Å². The Hall–Kier alpha value is -2.21. The van der Waals surface area contributed by atoms with Gasteiger partial charge in [-0.1, -0.05) is 54.1 Å². The minimum absolute atomic E-state index is 0.225. The summed E-state index contributed by atoms with van der Waals surface area (Å²) in [4.78, 5) is 17.2. The number of para-hydroxylation sites is 1. The average Bonchev–Trinajstić information content (AvgIpc) is 2.96. The van der Waals surface area contributed by atoms with Crippen molar-refractivity contribution >= 4 is 57.8 Å². The Morgan fingerprint density at radius 3 is 2.81 bits per heavy atom. The van der Waals surface area contributed by atoms with E-state index in [9.17, 15) is 4.79 Å². The molecule has 1 N–H and O–H groups in total. The zero-order valence-electron chi connectivity index (χ0n) is 13.5. The third-order valence-corrected chi connectivity index (χ3v) is 4.79. The summed E-state index contributed by atoms with van der Waals surface area (Å²) in [6.07, 6.45) is 3.44. The molecule has 0 radical (unpaired) electrons. The number of amidine groups is 1. The van der Waals surface area contributed by atoms with Crippen LogP contribution in [-0.4, -0.2) is 17.7 Å². The maximum Gasteiger partial charge on any atom is 0.264 e. The maximum atomic E-state index is 12.3. The van der Waals surface area contributed by atoms with Crippen molar-refractivity contribution in [1.82, 2.24) is 5.32 Å². The molecular weight excluding hydrogens is 391 g/mol. The lowest BCUT2D eigenvalue weighted by Crippen LogP contribution is -2.19. The van der Waals surface area contributed by atoms with Gasteiger partial charge >= 0.3 is 0 Å². The minimum atomic E-state index is -0.225. The highest BCUT2D eigenvalue weighted by Gasteiger charge is 2.24. The van der Waals surface area contributed by atoms with Gasteiger partial charge in [0.1, 0.15) is 12.4 Å². The second kappa shape index (κ2) is 8.45. The lowest BCUT2D eigenvalue weighted by molar-refractivity contribution is -0.115. The monoisotopic (exact) mass is 404 g/mol. The second-order valence-corrected chi connectivity index (χ2v) is 7.09. The van der Waals surface area contributed by atoms with Crippen molar-refractivity contribution in [3.63, 3.8) is 0 Å². The Bertz CT molecular complexity index is 926. The molecule has 4 nitrogen and oxygen atoms in total. The van der Waals surface area contributed by atoms with Crippen LogP contribution >= 0.6 is 35.0 Å². The number of carbonyl (C=O) groups is 1. The molecule has 26 heavy (non-hydrogen) atoms. The van der Waals surface area contributed by atoms with Gasteiger partial charge in [-0.15, -0.1) is 0 Å². The highest BCUT2D eigenvalue weighted by Crippen LogP contribution is 2.33. The number of carbonyl (C=O) groups excluding carboxylic acids is 1. The largest absolute Gasteiger partial charge is 0.489 e. The minimum Gasteiger partial charge on any atom is -0.489 e. The molecule has 0 aromatic heterocycles. The summed E-state index contributed by atoms with van der Waals surface area (Å²) in [5.74, 6) is 0.455. The van der Waals surface area contributed by atoms with Crippen LogP contribution in [0.5, 0.6) is 5.75 Å². The zero-order valence-corrected chi connectivity index (χ0v) is 15.9. The van der Waals surface area contributed by atoms with E-state index in [1.807, 2.05) is 24.3 Å². The molecule has 2 aromatic carbocycles. The van der Waals surface area contributed by atoms with E-state index in [0.29, 0.717) is 38.2 Å². The van der Waals surface area contributed by atoms with E-state index >= 15 is 0 Å². The smallest absolute Gasteiger partial charge is 0.264 e. The number of amides is 1. The summed E-state index contributed by atoms with van der Waals surface area (Å²) < 4.78 is 5.62. The molecule has 1 fully saturated rings. The number of hydrogen-bond acceptors (Lipinski definition) is 4. The van der Waals surface area contributed by atoms with Crippen molar-refractivity contribution < 1.29 is 9.53 Å². The van der Waals surface area contributed by atoms with Crippen LogP contribution in [0.3, 0.4) is 0 Å². The first-order valence-electron chi connectivity index (χ1n) is 7.64. The number of aliphatic imine (C=N–C) groups is 1. The van der Waals surface area contributed by atoms with Gasteiger partial charge in [-0.3, -0.25) is 4.79 Å². The van der Waals surface area contributed by atoms with E-state index in [-0.39, 0.29) is 5.91 Å². The van der Waals surface area contributed by atoms with Crippen molar-refractivity contribution in [1.29, 1.82) is 0 Å². The van der Waals surface area contributed by atoms with Crippen LogP contribution in [0.2, 0.25) is 10.0 Å². The molecule has 0 unspecified atom stereocenters. The van der Waals surface area contributed by atoms with Gasteiger partial charge in [0.25, 0.3) is 5.91 Å². The molecule has 1 amide bonds. The van der Waals surface area contributed by atoms with E-state index in [1.54, 1.807) is 30.4 Å². The molecule has 1 aliphatic rings. The van der Waals surface area contributed by atoms with Crippen molar-refractivity contribution in [2.45, 2.75) is 0 Å². The lowest BCUT2D eigenvalue weighted by Gasteiger charge is -2.06. The second-order valence-electron chi connectivity index (χ2n) is 5.21. The van der Waals surface area contributed by atoms with Crippen molar-refractivity contribution in [2.75, 3.05) is 6.61 Å². The quantitative estimate of drug-likeness (QED) is 0.532. The Morgan fingerprint density at radius 2 is 2.04 bits per heavy atom. The van der Waals surface area contributed by atoms with Gasteiger partial charge in [0.15, 0.2) is 5.17 Å². The molecule has 3 rings (SSSR count). The fourth-order valence-corrected chi connectivity index (χ4v) is 3.46. The van der Waals surface area contributed by atoms with Crippen molar-refractivity contribution in [3.05, 3.63) is 75.6 Å². The molecular formula is C19H14Cl2N2O2S. The number of halogens is 2. The van der Waals surface area contributed by atoms with E-state index in [4.69, 9.17) is 27.9 Å². The average molecular weight is 405 g/mol. The number of ether oxygens (including phenoxy) is 1. The van der Waals surface area contributed by atoms with Gasteiger partial charge in [0.2, 0.25) is 0 Å². The Balaban J connectivity index is 1.85. The van der Waals surface area contributed by atoms with Gasteiger partial charge in [-0.25, -0.2) is 4.99 Å². The maximum absolute atomic E-state index is 12.3. The molecule has 132 valence electrons. The lowest BCUT2D eigenvalue weighted by atomic mass is 10.2. The van der Waals surface area contributed by atoms with Crippen LogP contribution in [0, 0.1) is 0 Å². The molecule has 2 aromatic rings. The van der Waals surface area contributed by atoms with Crippen LogP contribution < -0.4 is 10.1 Å². The first kappa shape index (κ1) is 18.6. The normalized spacial score (nSPS) is 16.8. The number of hydrogen-bond donors (Lipinski definition) is 1. The van der Waals surface area contributed by atoms with Crippen molar-refractivity contribution in [3.8, 4) is 5.75 Å². The van der Waals surface area contributed by atoms with Crippen LogP contribution in [0.4, 0.5) is 5.69 Å². The molecule has 7 heteroatoms. The number of benzene rings is 2. The molecule has 0 bridgehead atoms. The molecule has 0 spiro atoms. The summed E-state index contributed by atoms with van der Waals surface area (Å²) in [5.41, 5.74) is 1.34. The Morgan fingerprint density at radius 1 is 1.23 bits per heavy atom. The molecule has 0 aliphatic carbocycles. The fourth-order valence-electron chi connectivity index (χ4n) is 2.18. The van der Waals surface area contributed by atoms with Crippen LogP contribution in [-0.2, 0) is 4.79 Å². The highest BCUT2D eigenvalue weighted by molar-refractivity contribution is 8.18. The predicted molar refractivity (Wildman–Crippen MR) is 109 cm³/mol. The number of rotatable bonds is 5. The van der Waals surface area contributed by atoms with E-state index in [1.165, 1.54) is 11.8 Å². The van der Waals surface area contributed by atoms with Crippen molar-refractivity contribution in [2.24, 2.45) is 4.99 Å². The molecule has 0 atom stereocenters. The van der Waals surface area contributed by atoms with Crippen LogP contribution in [0.1, 0.15) is 5.56 Å². The van der Waals surface area contributed by atoms with Gasteiger partial charge in [0.05, 0.1) is 15.6 Å². The summed E-state index contributed by atoms with van der Waals surface area (Å²) in [5, 5.41) is 4.13. The molecule has 1 aliphatic heterocycles. The number of thioether (sulfide) groups is 1. The first-order valence-corrected chi connectivity index (χ1v) is 9.21. The highest BCUT2D eigenvalue weighted by atomic mass is 35.5. The van der Waals surface area contributed by atoms with Gasteiger partial charge in [0, 0.05) is 10.6 Å². The van der Waals surface area contributed by atoms with Gasteiger partial charge < -0.3 is 10.1 Å². The summed E-state index contributed by atoms with van der Waals surface area (Å²) in [7, 11) is 0. The van der Waals surface area contributed by atoms with Crippen LogP contribution in [0.15, 0.2) is 65.0 Å². The SMILES string of the molecule is C=CCOc1ccccc1C=C1SC(=Nc2ccc(Cl)cc2Cl)NC1=O. The molecule has 1 saturated heterocycles.